The maximum atomic E-state index is 4.52. The van der Waals surface area contributed by atoms with Gasteiger partial charge in [0.25, 0.3) is 0 Å². The Bertz CT molecular complexity index is 391. The average Bonchev–Trinajstić information content (AvgIpc) is 2.34. The zero-order chi connectivity index (χ0) is 14.4. The van der Waals surface area contributed by atoms with Crippen molar-refractivity contribution in [1.29, 1.82) is 0 Å². The summed E-state index contributed by atoms with van der Waals surface area (Å²) < 4.78 is 0. The number of anilines is 2. The summed E-state index contributed by atoms with van der Waals surface area (Å²) >= 11 is 0. The second-order valence-corrected chi connectivity index (χ2v) is 5.43. The summed E-state index contributed by atoms with van der Waals surface area (Å²) in [5, 5.41) is 3.15. The lowest BCUT2D eigenvalue weighted by atomic mass is 10.2. The van der Waals surface area contributed by atoms with Crippen molar-refractivity contribution in [3.8, 4) is 0 Å². The highest BCUT2D eigenvalue weighted by atomic mass is 15.2. The first-order valence-corrected chi connectivity index (χ1v) is 6.86. The summed E-state index contributed by atoms with van der Waals surface area (Å²) in [6.07, 6.45) is 0. The molecule has 0 atom stereocenters. The van der Waals surface area contributed by atoms with Crippen LogP contribution in [0.3, 0.4) is 0 Å². The zero-order valence-electron chi connectivity index (χ0n) is 13.1. The van der Waals surface area contributed by atoms with E-state index in [1.54, 1.807) is 0 Å². The molecule has 0 unspecified atom stereocenters. The van der Waals surface area contributed by atoms with Gasteiger partial charge in [0, 0.05) is 39.8 Å². The molecule has 0 saturated heterocycles. The smallest absolute Gasteiger partial charge is 0.134 e. The predicted octanol–water partition coefficient (Wildman–Crippen LogP) is 1.53. The number of nitrogens with one attached hydrogen (secondary N) is 1. The SMILES string of the molecule is CNCCN(C)c1cc(N(C)CC(C)C)nc(C)n1. The van der Waals surface area contributed by atoms with Crippen molar-refractivity contribution < 1.29 is 0 Å². The van der Waals surface area contributed by atoms with Gasteiger partial charge in [0.05, 0.1) is 0 Å². The van der Waals surface area contributed by atoms with Gasteiger partial charge in [-0.25, -0.2) is 9.97 Å². The number of hydrogen-bond acceptors (Lipinski definition) is 5. The summed E-state index contributed by atoms with van der Waals surface area (Å²) in [7, 11) is 6.10. The lowest BCUT2D eigenvalue weighted by Gasteiger charge is -2.23. The van der Waals surface area contributed by atoms with Crippen LogP contribution in [0.25, 0.3) is 0 Å². The quantitative estimate of drug-likeness (QED) is 0.810. The second-order valence-electron chi connectivity index (χ2n) is 5.43. The summed E-state index contributed by atoms with van der Waals surface area (Å²) in [4.78, 5) is 13.4. The number of aromatic nitrogens is 2. The first-order valence-electron chi connectivity index (χ1n) is 6.86. The van der Waals surface area contributed by atoms with Crippen molar-refractivity contribution in [2.24, 2.45) is 5.92 Å². The topological polar surface area (TPSA) is 44.3 Å². The molecule has 1 heterocycles. The lowest BCUT2D eigenvalue weighted by Crippen LogP contribution is -2.29. The molecule has 19 heavy (non-hydrogen) atoms. The van der Waals surface area contributed by atoms with Crippen LogP contribution in [0.15, 0.2) is 6.07 Å². The van der Waals surface area contributed by atoms with Gasteiger partial charge in [-0.15, -0.1) is 0 Å². The van der Waals surface area contributed by atoms with E-state index in [0.717, 1.165) is 37.1 Å². The fraction of sp³-hybridized carbons (Fsp3) is 0.714. The van der Waals surface area contributed by atoms with Crippen LogP contribution >= 0.6 is 0 Å². The molecule has 1 N–H and O–H groups in total. The molecular formula is C14H27N5. The van der Waals surface area contributed by atoms with Gasteiger partial charge >= 0.3 is 0 Å². The molecule has 0 radical (unpaired) electrons. The van der Waals surface area contributed by atoms with E-state index in [1.165, 1.54) is 0 Å². The maximum absolute atomic E-state index is 4.52. The van der Waals surface area contributed by atoms with Crippen molar-refractivity contribution in [2.75, 3.05) is 50.6 Å². The van der Waals surface area contributed by atoms with Crippen LogP contribution in [-0.4, -0.2) is 50.7 Å². The van der Waals surface area contributed by atoms with Crippen molar-refractivity contribution in [3.05, 3.63) is 11.9 Å². The van der Waals surface area contributed by atoms with E-state index in [9.17, 15) is 0 Å². The van der Waals surface area contributed by atoms with E-state index in [2.05, 4.69) is 59.1 Å². The third-order valence-electron chi connectivity index (χ3n) is 2.93. The number of hydrogen-bond donors (Lipinski definition) is 1. The van der Waals surface area contributed by atoms with Crippen LogP contribution in [0.5, 0.6) is 0 Å². The van der Waals surface area contributed by atoms with E-state index in [0.29, 0.717) is 5.92 Å². The summed E-state index contributed by atoms with van der Waals surface area (Å²) in [5.74, 6) is 3.41. The molecule has 1 rings (SSSR count). The Balaban J connectivity index is 2.87. The molecule has 0 amide bonds. The van der Waals surface area contributed by atoms with Gasteiger partial charge in [0.1, 0.15) is 17.5 Å². The third-order valence-corrected chi connectivity index (χ3v) is 2.93. The molecule has 5 heteroatoms. The monoisotopic (exact) mass is 265 g/mol. The Morgan fingerprint density at radius 3 is 2.26 bits per heavy atom. The largest absolute Gasteiger partial charge is 0.359 e. The van der Waals surface area contributed by atoms with Crippen LogP contribution in [0, 0.1) is 12.8 Å². The average molecular weight is 265 g/mol. The molecule has 0 aliphatic carbocycles. The minimum atomic E-state index is 0.616. The molecule has 0 aliphatic rings. The number of likely N-dealkylation sites (N-methyl/N-ethyl adjacent to an activating group) is 2. The zero-order valence-corrected chi connectivity index (χ0v) is 13.1. The fourth-order valence-electron chi connectivity index (χ4n) is 1.96. The number of aryl methyl sites for hydroxylation is 1. The van der Waals surface area contributed by atoms with Gasteiger partial charge in [0.2, 0.25) is 0 Å². The fourth-order valence-corrected chi connectivity index (χ4v) is 1.96. The second kappa shape index (κ2) is 7.28. The molecule has 0 fully saturated rings. The van der Waals surface area contributed by atoms with Crippen LogP contribution in [0.2, 0.25) is 0 Å². The highest BCUT2D eigenvalue weighted by Gasteiger charge is 2.10. The molecule has 0 saturated carbocycles. The van der Waals surface area contributed by atoms with Crippen LogP contribution in [0.1, 0.15) is 19.7 Å². The molecule has 5 nitrogen and oxygen atoms in total. The van der Waals surface area contributed by atoms with Crippen molar-refractivity contribution in [1.82, 2.24) is 15.3 Å². The summed E-state index contributed by atoms with van der Waals surface area (Å²) in [6, 6.07) is 2.06. The minimum Gasteiger partial charge on any atom is -0.359 e. The maximum Gasteiger partial charge on any atom is 0.134 e. The third kappa shape index (κ3) is 5.03. The van der Waals surface area contributed by atoms with E-state index in [1.807, 2.05) is 14.0 Å². The van der Waals surface area contributed by atoms with Gasteiger partial charge < -0.3 is 15.1 Å². The standard InChI is InChI=1S/C14H27N5/c1-11(2)10-19(6)14-9-13(16-12(3)17-14)18(5)8-7-15-4/h9,11,15H,7-8,10H2,1-6H3. The van der Waals surface area contributed by atoms with Gasteiger partial charge in [0.15, 0.2) is 0 Å². The Hall–Kier alpha value is -1.36. The van der Waals surface area contributed by atoms with Gasteiger partial charge in [-0.1, -0.05) is 13.8 Å². The highest BCUT2D eigenvalue weighted by Crippen LogP contribution is 2.18. The normalized spacial score (nSPS) is 10.9. The van der Waals surface area contributed by atoms with Crippen LogP contribution in [-0.2, 0) is 0 Å². The Morgan fingerprint density at radius 2 is 1.74 bits per heavy atom. The molecule has 0 aromatic carbocycles. The minimum absolute atomic E-state index is 0.616. The van der Waals surface area contributed by atoms with E-state index in [-0.39, 0.29) is 0 Å². The molecule has 1 aromatic rings. The Morgan fingerprint density at radius 1 is 1.16 bits per heavy atom. The van der Waals surface area contributed by atoms with E-state index >= 15 is 0 Å². The van der Waals surface area contributed by atoms with Crippen molar-refractivity contribution >= 4 is 11.6 Å². The van der Waals surface area contributed by atoms with Crippen LogP contribution in [0.4, 0.5) is 11.6 Å². The van der Waals surface area contributed by atoms with Gasteiger partial charge in [-0.2, -0.15) is 0 Å². The molecule has 0 spiro atoms. The first-order chi connectivity index (χ1) is 8.93. The van der Waals surface area contributed by atoms with Crippen molar-refractivity contribution in [2.45, 2.75) is 20.8 Å². The summed E-state index contributed by atoms with van der Waals surface area (Å²) in [5.41, 5.74) is 0. The highest BCUT2D eigenvalue weighted by molar-refractivity contribution is 5.50. The number of nitrogens with zero attached hydrogens (tertiary/aromatic N) is 4. The van der Waals surface area contributed by atoms with Gasteiger partial charge in [-0.05, 0) is 19.9 Å². The Labute approximate surface area is 117 Å². The van der Waals surface area contributed by atoms with Crippen molar-refractivity contribution in [3.63, 3.8) is 0 Å². The molecule has 1 aromatic heterocycles. The van der Waals surface area contributed by atoms with E-state index < -0.39 is 0 Å². The van der Waals surface area contributed by atoms with Crippen LogP contribution < -0.4 is 15.1 Å². The molecular weight excluding hydrogens is 238 g/mol. The first kappa shape index (κ1) is 15.7. The molecule has 0 bridgehead atoms. The number of rotatable bonds is 7. The molecule has 108 valence electrons. The van der Waals surface area contributed by atoms with E-state index in [4.69, 9.17) is 0 Å². The lowest BCUT2D eigenvalue weighted by molar-refractivity contribution is 0.633. The summed E-state index contributed by atoms with van der Waals surface area (Å²) in [6.45, 7) is 9.24. The Kier molecular flexibility index (Phi) is 6.02. The van der Waals surface area contributed by atoms with Gasteiger partial charge in [-0.3, -0.25) is 0 Å². The molecule has 0 aliphatic heterocycles. The predicted molar refractivity (Wildman–Crippen MR) is 82.1 cm³/mol.